The lowest BCUT2D eigenvalue weighted by molar-refractivity contribution is -0.138. The minimum atomic E-state index is -4.59. The van der Waals surface area contributed by atoms with Crippen LogP contribution in [0.15, 0.2) is 48.5 Å². The number of aryl methyl sites for hydroxylation is 1. The molecule has 4 nitrogen and oxygen atoms in total. The van der Waals surface area contributed by atoms with Crippen LogP contribution in [0, 0.1) is 6.92 Å². The van der Waals surface area contributed by atoms with Crippen LogP contribution in [0.1, 0.15) is 38.3 Å². The molecule has 3 rings (SSSR count). The fraction of sp³-hybridized carbons (Fsp3) is 0.333. The van der Waals surface area contributed by atoms with Gasteiger partial charge in [0.05, 0.1) is 11.1 Å². The van der Waals surface area contributed by atoms with Gasteiger partial charge in [0, 0.05) is 31.7 Å². The van der Waals surface area contributed by atoms with Crippen molar-refractivity contribution < 1.29 is 22.8 Å². The van der Waals surface area contributed by atoms with Gasteiger partial charge in [-0.2, -0.15) is 13.2 Å². The van der Waals surface area contributed by atoms with Gasteiger partial charge in [0.1, 0.15) is 0 Å². The van der Waals surface area contributed by atoms with Crippen LogP contribution >= 0.6 is 0 Å². The molecule has 28 heavy (non-hydrogen) atoms. The Hall–Kier alpha value is -2.83. The van der Waals surface area contributed by atoms with Gasteiger partial charge < -0.3 is 9.80 Å². The number of rotatable bonds is 2. The van der Waals surface area contributed by atoms with E-state index in [0.29, 0.717) is 25.1 Å². The van der Waals surface area contributed by atoms with Crippen LogP contribution in [0.25, 0.3) is 0 Å². The van der Waals surface area contributed by atoms with Crippen LogP contribution in [0.2, 0.25) is 0 Å². The second-order valence-electron chi connectivity index (χ2n) is 6.85. The van der Waals surface area contributed by atoms with Gasteiger partial charge in [-0.25, -0.2) is 0 Å². The van der Waals surface area contributed by atoms with E-state index < -0.39 is 17.6 Å². The highest BCUT2D eigenvalue weighted by atomic mass is 19.4. The molecule has 0 aliphatic carbocycles. The van der Waals surface area contributed by atoms with E-state index in [4.69, 9.17) is 0 Å². The van der Waals surface area contributed by atoms with E-state index in [2.05, 4.69) is 0 Å². The fourth-order valence-electron chi connectivity index (χ4n) is 3.29. The Morgan fingerprint density at radius 1 is 0.821 bits per heavy atom. The maximum atomic E-state index is 13.2. The second kappa shape index (κ2) is 8.04. The van der Waals surface area contributed by atoms with E-state index in [1.165, 1.54) is 23.1 Å². The zero-order valence-corrected chi connectivity index (χ0v) is 15.5. The van der Waals surface area contributed by atoms with Gasteiger partial charge in [-0.05, 0) is 37.6 Å². The van der Waals surface area contributed by atoms with E-state index in [1.807, 2.05) is 19.1 Å². The first-order valence-corrected chi connectivity index (χ1v) is 9.09. The summed E-state index contributed by atoms with van der Waals surface area (Å²) in [4.78, 5) is 28.4. The average Bonchev–Trinajstić information content (AvgIpc) is 2.93. The summed E-state index contributed by atoms with van der Waals surface area (Å²) in [7, 11) is 0. The van der Waals surface area contributed by atoms with Gasteiger partial charge in [-0.1, -0.05) is 29.8 Å². The van der Waals surface area contributed by atoms with Crippen molar-refractivity contribution in [2.45, 2.75) is 19.5 Å². The van der Waals surface area contributed by atoms with Gasteiger partial charge >= 0.3 is 6.18 Å². The van der Waals surface area contributed by atoms with Crippen LogP contribution in [0.3, 0.4) is 0 Å². The van der Waals surface area contributed by atoms with Gasteiger partial charge in [-0.15, -0.1) is 0 Å². The monoisotopic (exact) mass is 390 g/mol. The fourth-order valence-corrected chi connectivity index (χ4v) is 3.29. The Labute approximate surface area is 161 Å². The molecule has 2 aromatic rings. The number of hydrogen-bond donors (Lipinski definition) is 0. The highest BCUT2D eigenvalue weighted by Gasteiger charge is 2.36. The smallest absolute Gasteiger partial charge is 0.337 e. The Bertz CT molecular complexity index is 863. The zero-order valence-electron chi connectivity index (χ0n) is 15.5. The molecular formula is C21H21F3N2O2. The number of alkyl halides is 3. The van der Waals surface area contributed by atoms with E-state index in [-0.39, 0.29) is 24.6 Å². The molecule has 0 unspecified atom stereocenters. The van der Waals surface area contributed by atoms with Crippen LogP contribution in [-0.4, -0.2) is 47.8 Å². The summed E-state index contributed by atoms with van der Waals surface area (Å²) in [5, 5.41) is 0. The summed E-state index contributed by atoms with van der Waals surface area (Å²) in [5.41, 5.74) is 0.324. The molecule has 0 spiro atoms. The van der Waals surface area contributed by atoms with Gasteiger partial charge in [0.25, 0.3) is 11.8 Å². The summed E-state index contributed by atoms with van der Waals surface area (Å²) in [6, 6.07) is 12.0. The maximum Gasteiger partial charge on any atom is 0.417 e. The molecule has 0 bridgehead atoms. The molecule has 0 radical (unpaired) electrons. The van der Waals surface area contributed by atoms with Crippen LogP contribution in [0.5, 0.6) is 0 Å². The van der Waals surface area contributed by atoms with Crippen molar-refractivity contribution in [3.8, 4) is 0 Å². The van der Waals surface area contributed by atoms with Crippen molar-refractivity contribution >= 4 is 11.8 Å². The topological polar surface area (TPSA) is 40.6 Å². The number of nitrogens with zero attached hydrogens (tertiary/aromatic N) is 2. The molecule has 7 heteroatoms. The third-order valence-corrected chi connectivity index (χ3v) is 4.83. The normalized spacial score (nSPS) is 15.3. The van der Waals surface area contributed by atoms with E-state index in [1.54, 1.807) is 17.0 Å². The van der Waals surface area contributed by atoms with Crippen LogP contribution in [-0.2, 0) is 6.18 Å². The van der Waals surface area contributed by atoms with Gasteiger partial charge in [-0.3, -0.25) is 9.59 Å². The number of amides is 2. The van der Waals surface area contributed by atoms with Crippen molar-refractivity contribution in [3.05, 3.63) is 70.8 Å². The van der Waals surface area contributed by atoms with Crippen LogP contribution in [0.4, 0.5) is 13.2 Å². The Morgan fingerprint density at radius 3 is 2.00 bits per heavy atom. The molecule has 1 heterocycles. The number of carbonyl (C=O) groups excluding carboxylic acids is 2. The molecule has 2 aromatic carbocycles. The molecule has 0 atom stereocenters. The zero-order chi connectivity index (χ0) is 20.3. The molecular weight excluding hydrogens is 369 g/mol. The molecule has 0 aromatic heterocycles. The Kier molecular flexibility index (Phi) is 5.72. The number of benzene rings is 2. The molecule has 1 fully saturated rings. The summed E-state index contributed by atoms with van der Waals surface area (Å²) in [5.74, 6) is -0.789. The van der Waals surface area contributed by atoms with E-state index >= 15 is 0 Å². The first-order chi connectivity index (χ1) is 13.3. The SMILES string of the molecule is Cc1ccc(C(=O)N2CCCN(C(=O)c3ccccc3C(F)(F)F)CC2)cc1. The number of halogens is 3. The second-order valence-corrected chi connectivity index (χ2v) is 6.85. The molecule has 0 N–H and O–H groups in total. The molecule has 1 aliphatic rings. The molecule has 2 amide bonds. The number of carbonyl (C=O) groups is 2. The first kappa shape index (κ1) is 19.9. The molecule has 0 saturated carbocycles. The van der Waals surface area contributed by atoms with Crippen molar-refractivity contribution in [2.75, 3.05) is 26.2 Å². The summed E-state index contributed by atoms with van der Waals surface area (Å²) in [6.07, 6.45) is -4.08. The third-order valence-electron chi connectivity index (χ3n) is 4.83. The lowest BCUT2D eigenvalue weighted by Crippen LogP contribution is -2.38. The molecule has 148 valence electrons. The van der Waals surface area contributed by atoms with Crippen molar-refractivity contribution in [1.82, 2.24) is 9.80 Å². The van der Waals surface area contributed by atoms with Crippen molar-refractivity contribution in [2.24, 2.45) is 0 Å². The highest BCUT2D eigenvalue weighted by Crippen LogP contribution is 2.32. The Balaban J connectivity index is 1.73. The largest absolute Gasteiger partial charge is 0.417 e. The average molecular weight is 390 g/mol. The van der Waals surface area contributed by atoms with Gasteiger partial charge in [0.15, 0.2) is 0 Å². The summed E-state index contributed by atoms with van der Waals surface area (Å²) in [6.45, 7) is 3.18. The standard InChI is InChI=1S/C21H21F3N2O2/c1-15-7-9-16(10-8-15)19(27)25-11-4-12-26(14-13-25)20(28)17-5-2-3-6-18(17)21(22,23)24/h2-3,5-10H,4,11-14H2,1H3. The highest BCUT2D eigenvalue weighted by molar-refractivity contribution is 5.96. The van der Waals surface area contributed by atoms with Crippen LogP contribution < -0.4 is 0 Å². The first-order valence-electron chi connectivity index (χ1n) is 9.09. The Morgan fingerprint density at radius 2 is 1.39 bits per heavy atom. The quantitative estimate of drug-likeness (QED) is 0.778. The lowest BCUT2D eigenvalue weighted by atomic mass is 10.1. The summed E-state index contributed by atoms with van der Waals surface area (Å²) >= 11 is 0. The third kappa shape index (κ3) is 4.35. The minimum absolute atomic E-state index is 0.134. The van der Waals surface area contributed by atoms with Crippen molar-refractivity contribution in [3.63, 3.8) is 0 Å². The predicted octanol–water partition coefficient (Wildman–Crippen LogP) is 4.00. The van der Waals surface area contributed by atoms with E-state index in [0.717, 1.165) is 11.6 Å². The number of hydrogen-bond acceptors (Lipinski definition) is 2. The summed E-state index contributed by atoms with van der Waals surface area (Å²) < 4.78 is 39.6. The maximum absolute atomic E-state index is 13.2. The lowest BCUT2D eigenvalue weighted by Gasteiger charge is -2.23. The van der Waals surface area contributed by atoms with E-state index in [9.17, 15) is 22.8 Å². The predicted molar refractivity (Wildman–Crippen MR) is 99.0 cm³/mol. The van der Waals surface area contributed by atoms with Crippen molar-refractivity contribution in [1.29, 1.82) is 0 Å². The molecule has 1 aliphatic heterocycles. The minimum Gasteiger partial charge on any atom is -0.337 e. The molecule has 1 saturated heterocycles. The van der Waals surface area contributed by atoms with Gasteiger partial charge in [0.2, 0.25) is 0 Å².